The third-order valence-corrected chi connectivity index (χ3v) is 11.7. The molecular formula is C31H34INO4S. The molecule has 7 heteroatoms. The van der Waals surface area contributed by atoms with Crippen molar-refractivity contribution in [1.82, 2.24) is 0 Å². The van der Waals surface area contributed by atoms with Gasteiger partial charge in [0, 0.05) is 18.0 Å². The van der Waals surface area contributed by atoms with Gasteiger partial charge in [0.1, 0.15) is 23.0 Å². The Kier molecular flexibility index (Phi) is 6.84. The number of fused-ring (bicyclic) bond motifs is 4. The van der Waals surface area contributed by atoms with Gasteiger partial charge in [0.2, 0.25) is 0 Å². The zero-order chi connectivity index (χ0) is 26.7. The van der Waals surface area contributed by atoms with E-state index in [0.717, 1.165) is 37.7 Å². The second-order valence-corrected chi connectivity index (χ2v) is 14.0. The topological polar surface area (TPSA) is 72.5 Å². The highest BCUT2D eigenvalue weighted by atomic mass is 127. The molecule has 200 valence electrons. The lowest BCUT2D eigenvalue weighted by Crippen LogP contribution is -2.45. The van der Waals surface area contributed by atoms with Gasteiger partial charge in [-0.3, -0.25) is 9.52 Å². The van der Waals surface area contributed by atoms with E-state index >= 15 is 0 Å². The summed E-state index contributed by atoms with van der Waals surface area (Å²) in [5, 5.41) is 0. The summed E-state index contributed by atoms with van der Waals surface area (Å²) in [4.78, 5) is 12.5. The fourth-order valence-corrected chi connectivity index (χ4v) is 9.67. The molecule has 0 amide bonds. The normalized spacial score (nSPS) is 30.8. The monoisotopic (exact) mass is 643 g/mol. The highest BCUT2D eigenvalue weighted by Crippen LogP contribution is 2.64. The molecule has 0 bridgehead atoms. The molecule has 2 fully saturated rings. The van der Waals surface area contributed by atoms with E-state index < -0.39 is 10.0 Å². The van der Waals surface area contributed by atoms with Crippen LogP contribution >= 0.6 is 23.0 Å². The van der Waals surface area contributed by atoms with Crippen LogP contribution in [0.15, 0.2) is 76.2 Å². The number of halogens is 1. The molecule has 0 aromatic heterocycles. The lowest BCUT2D eigenvalue weighted by Gasteiger charge is -2.52. The molecule has 1 N–H and O–H groups in total. The van der Waals surface area contributed by atoms with E-state index in [9.17, 15) is 13.2 Å². The Morgan fingerprint density at radius 2 is 1.71 bits per heavy atom. The van der Waals surface area contributed by atoms with Gasteiger partial charge in [0.15, 0.2) is 5.78 Å². The SMILES string of the molecule is Cc1ccc(S(=O)(=O)Nc2ccc(C3CC4(C)C(OI)CCC4C4CCC5=CC(=O)CCC5=C34)cc2)cc1. The zero-order valence-corrected chi connectivity index (χ0v) is 24.8. The fraction of sp³-hybridized carbons (Fsp3) is 0.452. The van der Waals surface area contributed by atoms with Gasteiger partial charge in [-0.05, 0) is 110 Å². The first kappa shape index (κ1) is 26.3. The first-order valence-electron chi connectivity index (χ1n) is 13.6. The van der Waals surface area contributed by atoms with Crippen LogP contribution in [0.1, 0.15) is 68.9 Å². The predicted octanol–water partition coefficient (Wildman–Crippen LogP) is 7.43. The Morgan fingerprint density at radius 3 is 2.42 bits per heavy atom. The van der Waals surface area contributed by atoms with Crippen LogP contribution in [-0.2, 0) is 17.9 Å². The van der Waals surface area contributed by atoms with Crippen molar-refractivity contribution in [3.8, 4) is 0 Å². The van der Waals surface area contributed by atoms with Gasteiger partial charge in [0.25, 0.3) is 10.0 Å². The number of carbonyl (C=O) groups is 1. The van der Waals surface area contributed by atoms with Crippen LogP contribution in [-0.4, -0.2) is 20.3 Å². The first-order chi connectivity index (χ1) is 18.2. The fourth-order valence-electron chi connectivity index (χ4n) is 7.77. The van der Waals surface area contributed by atoms with E-state index in [1.54, 1.807) is 29.8 Å². The molecule has 38 heavy (non-hydrogen) atoms. The molecule has 2 saturated carbocycles. The number of hydrogen-bond donors (Lipinski definition) is 1. The van der Waals surface area contributed by atoms with Crippen molar-refractivity contribution in [2.45, 2.75) is 75.7 Å². The number of hydrogen-bond acceptors (Lipinski definition) is 4. The van der Waals surface area contributed by atoms with E-state index in [-0.39, 0.29) is 28.1 Å². The van der Waals surface area contributed by atoms with Gasteiger partial charge in [-0.15, -0.1) is 0 Å². The molecule has 6 rings (SSSR count). The molecule has 0 aliphatic heterocycles. The number of carbonyl (C=O) groups excluding carboxylic acids is 1. The Balaban J connectivity index is 1.36. The Labute approximate surface area is 239 Å². The third kappa shape index (κ3) is 4.48. The quantitative estimate of drug-likeness (QED) is 0.344. The number of benzene rings is 2. The summed E-state index contributed by atoms with van der Waals surface area (Å²) in [6.45, 7) is 4.36. The standard InChI is InChI=1S/C31H34INO4S/c1-19-3-11-24(12-4-19)38(35,36)33-22-8-5-20(6-9-22)27-18-31(2)28(15-16-29(31)37-32)26-13-7-21-17-23(34)10-14-25(21)30(26)27/h3-6,8-9,11-12,17,26-29,33H,7,10,13-16,18H2,1-2H3. The summed E-state index contributed by atoms with van der Waals surface area (Å²) >= 11 is 2.09. The number of aryl methyl sites for hydroxylation is 1. The minimum atomic E-state index is -3.66. The van der Waals surface area contributed by atoms with Gasteiger partial charge in [-0.2, -0.15) is 0 Å². The minimum absolute atomic E-state index is 0.0952. The lowest BCUT2D eigenvalue weighted by molar-refractivity contribution is -0.114. The maximum atomic E-state index is 12.9. The summed E-state index contributed by atoms with van der Waals surface area (Å²) in [6, 6.07) is 14.8. The molecule has 4 aliphatic carbocycles. The van der Waals surface area contributed by atoms with E-state index in [0.29, 0.717) is 23.9 Å². The van der Waals surface area contributed by atoms with Crippen molar-refractivity contribution in [2.75, 3.05) is 4.72 Å². The summed E-state index contributed by atoms with van der Waals surface area (Å²) in [5.41, 5.74) is 7.11. The van der Waals surface area contributed by atoms with E-state index in [1.165, 1.54) is 23.1 Å². The van der Waals surface area contributed by atoms with E-state index in [2.05, 4.69) is 46.8 Å². The van der Waals surface area contributed by atoms with Crippen molar-refractivity contribution >= 4 is 44.5 Å². The van der Waals surface area contributed by atoms with Crippen LogP contribution in [0.25, 0.3) is 0 Å². The average Bonchev–Trinajstić information content (AvgIpc) is 3.24. The molecule has 0 saturated heterocycles. The van der Waals surface area contributed by atoms with Crippen molar-refractivity contribution in [1.29, 1.82) is 0 Å². The van der Waals surface area contributed by atoms with Crippen molar-refractivity contribution in [3.05, 3.63) is 82.5 Å². The van der Waals surface area contributed by atoms with Gasteiger partial charge < -0.3 is 3.07 Å². The number of sulfonamides is 1. The van der Waals surface area contributed by atoms with Gasteiger partial charge in [0.05, 0.1) is 11.0 Å². The maximum Gasteiger partial charge on any atom is 0.261 e. The number of rotatable bonds is 5. The van der Waals surface area contributed by atoms with E-state index in [1.807, 2.05) is 25.1 Å². The molecule has 5 nitrogen and oxygen atoms in total. The molecular weight excluding hydrogens is 609 g/mol. The molecule has 5 atom stereocenters. The van der Waals surface area contributed by atoms with Crippen LogP contribution in [0.4, 0.5) is 5.69 Å². The first-order valence-corrected chi connectivity index (χ1v) is 16.0. The largest absolute Gasteiger partial charge is 0.312 e. The number of allylic oxidation sites excluding steroid dienone is 4. The Hall–Kier alpha value is -1.97. The second kappa shape index (κ2) is 9.89. The van der Waals surface area contributed by atoms with Gasteiger partial charge in [-0.1, -0.05) is 42.3 Å². The molecule has 0 heterocycles. The molecule has 2 aromatic carbocycles. The van der Waals surface area contributed by atoms with Crippen LogP contribution in [0, 0.1) is 24.2 Å². The molecule has 0 spiro atoms. The average molecular weight is 644 g/mol. The van der Waals surface area contributed by atoms with Crippen molar-refractivity contribution in [2.24, 2.45) is 17.3 Å². The number of nitrogens with one attached hydrogen (secondary N) is 1. The van der Waals surface area contributed by atoms with Gasteiger partial charge in [-0.25, -0.2) is 8.42 Å². The summed E-state index contributed by atoms with van der Waals surface area (Å²) in [7, 11) is -3.66. The number of anilines is 1. The third-order valence-electron chi connectivity index (χ3n) is 9.65. The van der Waals surface area contributed by atoms with Crippen molar-refractivity contribution < 1.29 is 16.3 Å². The minimum Gasteiger partial charge on any atom is -0.312 e. The molecule has 0 radical (unpaired) electrons. The smallest absolute Gasteiger partial charge is 0.261 e. The van der Waals surface area contributed by atoms with Crippen molar-refractivity contribution in [3.63, 3.8) is 0 Å². The maximum absolute atomic E-state index is 12.9. The molecule has 2 aromatic rings. The van der Waals surface area contributed by atoms with Gasteiger partial charge >= 0.3 is 0 Å². The van der Waals surface area contributed by atoms with Crippen LogP contribution in [0.2, 0.25) is 0 Å². The number of ketones is 1. The van der Waals surface area contributed by atoms with Crippen LogP contribution in [0.5, 0.6) is 0 Å². The highest BCUT2D eigenvalue weighted by molar-refractivity contribution is 14.1. The predicted molar refractivity (Wildman–Crippen MR) is 158 cm³/mol. The summed E-state index contributed by atoms with van der Waals surface area (Å²) in [5.74, 6) is 1.60. The summed E-state index contributed by atoms with van der Waals surface area (Å²) < 4.78 is 34.6. The second-order valence-electron chi connectivity index (χ2n) is 11.8. The Morgan fingerprint density at radius 1 is 0.974 bits per heavy atom. The van der Waals surface area contributed by atoms with E-state index in [4.69, 9.17) is 3.07 Å². The molecule has 4 aliphatic rings. The summed E-state index contributed by atoms with van der Waals surface area (Å²) in [6.07, 6.45) is 8.97. The lowest BCUT2D eigenvalue weighted by atomic mass is 9.53. The van der Waals surface area contributed by atoms with Crippen LogP contribution < -0.4 is 4.72 Å². The molecule has 5 unspecified atom stereocenters. The van der Waals surface area contributed by atoms with Crippen LogP contribution in [0.3, 0.4) is 0 Å². The Bertz CT molecular complexity index is 1430. The zero-order valence-electron chi connectivity index (χ0n) is 21.9. The highest BCUT2D eigenvalue weighted by Gasteiger charge is 2.57.